The van der Waals surface area contributed by atoms with Gasteiger partial charge in [0.15, 0.2) is 6.61 Å². The molecule has 6 heteroatoms. The average Bonchev–Trinajstić information content (AvgIpc) is 2.58. The first-order chi connectivity index (χ1) is 11.8. The molecule has 3 nitrogen and oxygen atoms in total. The van der Waals surface area contributed by atoms with Crippen LogP contribution in [0.3, 0.4) is 0 Å². The number of rotatable bonds is 6. The van der Waals surface area contributed by atoms with Gasteiger partial charge in [-0.1, -0.05) is 37.3 Å². The third-order valence-electron chi connectivity index (χ3n) is 3.84. The van der Waals surface area contributed by atoms with Crippen molar-refractivity contribution in [3.63, 3.8) is 0 Å². The van der Waals surface area contributed by atoms with Crippen LogP contribution in [-0.4, -0.2) is 12.5 Å². The fourth-order valence-electron chi connectivity index (χ4n) is 2.52. The molecule has 0 aliphatic heterocycles. The zero-order valence-electron chi connectivity index (χ0n) is 14.1. The molecular weight excluding hydrogens is 331 g/mol. The van der Waals surface area contributed by atoms with Gasteiger partial charge in [-0.25, -0.2) is 0 Å². The first-order valence-electron chi connectivity index (χ1n) is 7.96. The number of halogens is 3. The second-order valence-corrected chi connectivity index (χ2v) is 5.70. The highest BCUT2D eigenvalue weighted by atomic mass is 19.4. The number of amides is 1. The Morgan fingerprint density at radius 1 is 1.16 bits per heavy atom. The van der Waals surface area contributed by atoms with Gasteiger partial charge in [0.05, 0.1) is 11.6 Å². The number of aryl methyl sites for hydroxylation is 1. The van der Waals surface area contributed by atoms with Crippen molar-refractivity contribution in [2.75, 3.05) is 6.61 Å². The lowest BCUT2D eigenvalue weighted by molar-refractivity contribution is -0.137. The molecule has 25 heavy (non-hydrogen) atoms. The highest BCUT2D eigenvalue weighted by Gasteiger charge is 2.30. The predicted octanol–water partition coefficient (Wildman–Crippen LogP) is 4.66. The molecular formula is C19H20F3NO2. The first kappa shape index (κ1) is 18.8. The van der Waals surface area contributed by atoms with Gasteiger partial charge in [0.1, 0.15) is 5.75 Å². The van der Waals surface area contributed by atoms with Crippen LogP contribution in [0.15, 0.2) is 48.5 Å². The van der Waals surface area contributed by atoms with Crippen molar-refractivity contribution in [1.29, 1.82) is 0 Å². The van der Waals surface area contributed by atoms with Gasteiger partial charge in [0, 0.05) is 0 Å². The van der Waals surface area contributed by atoms with Crippen molar-refractivity contribution < 1.29 is 22.7 Å². The number of benzene rings is 2. The van der Waals surface area contributed by atoms with Crippen molar-refractivity contribution in [2.45, 2.75) is 32.5 Å². The Labute approximate surface area is 144 Å². The lowest BCUT2D eigenvalue weighted by atomic mass is 9.99. The van der Waals surface area contributed by atoms with Gasteiger partial charge in [-0.15, -0.1) is 0 Å². The van der Waals surface area contributed by atoms with Gasteiger partial charge in [-0.3, -0.25) is 4.79 Å². The van der Waals surface area contributed by atoms with E-state index >= 15 is 0 Å². The van der Waals surface area contributed by atoms with Gasteiger partial charge in [0.2, 0.25) is 0 Å². The molecule has 0 aliphatic carbocycles. The molecule has 0 heterocycles. The maximum atomic E-state index is 12.7. The van der Waals surface area contributed by atoms with Gasteiger partial charge in [0.25, 0.3) is 5.91 Å². The maximum absolute atomic E-state index is 12.7. The van der Waals surface area contributed by atoms with Crippen molar-refractivity contribution in [3.05, 3.63) is 65.2 Å². The molecule has 0 spiro atoms. The summed E-state index contributed by atoms with van der Waals surface area (Å²) < 4.78 is 43.2. The molecule has 2 rings (SSSR count). The van der Waals surface area contributed by atoms with Crippen LogP contribution in [0.25, 0.3) is 0 Å². The Hall–Kier alpha value is -2.50. The van der Waals surface area contributed by atoms with Crippen LogP contribution in [-0.2, 0) is 11.0 Å². The Kier molecular flexibility index (Phi) is 6.07. The highest BCUT2D eigenvalue weighted by molar-refractivity contribution is 5.78. The van der Waals surface area contributed by atoms with Crippen LogP contribution in [0, 0.1) is 6.92 Å². The minimum atomic E-state index is -4.44. The van der Waals surface area contributed by atoms with Crippen LogP contribution in [0.5, 0.6) is 5.75 Å². The van der Waals surface area contributed by atoms with E-state index in [1.165, 1.54) is 12.1 Å². The molecule has 0 fully saturated rings. The smallest absolute Gasteiger partial charge is 0.416 e. The standard InChI is InChI=1S/C19H20F3NO2/c1-3-17(16-10-5-4-7-13(16)2)23-18(24)12-25-15-9-6-8-14(11-15)19(20,21)22/h4-11,17H,3,12H2,1-2H3,(H,23,24)/t17-/m1/s1. The van der Waals surface area contributed by atoms with E-state index in [4.69, 9.17) is 4.74 Å². The Balaban J connectivity index is 1.97. The summed E-state index contributed by atoms with van der Waals surface area (Å²) in [5.41, 5.74) is 1.27. The van der Waals surface area contributed by atoms with Crippen molar-refractivity contribution in [1.82, 2.24) is 5.32 Å². The summed E-state index contributed by atoms with van der Waals surface area (Å²) in [5, 5.41) is 2.85. The number of alkyl halides is 3. The number of nitrogens with one attached hydrogen (secondary N) is 1. The molecule has 1 atom stereocenters. The zero-order chi connectivity index (χ0) is 18.4. The molecule has 2 aromatic rings. The van der Waals surface area contributed by atoms with Crippen LogP contribution in [0.2, 0.25) is 0 Å². The van der Waals surface area contributed by atoms with E-state index in [-0.39, 0.29) is 24.3 Å². The Morgan fingerprint density at radius 2 is 1.88 bits per heavy atom. The first-order valence-corrected chi connectivity index (χ1v) is 7.96. The summed E-state index contributed by atoms with van der Waals surface area (Å²) in [7, 11) is 0. The van der Waals surface area contributed by atoms with Crippen molar-refractivity contribution in [2.24, 2.45) is 0 Å². The number of hydrogen-bond donors (Lipinski definition) is 1. The maximum Gasteiger partial charge on any atom is 0.416 e. The summed E-state index contributed by atoms with van der Waals surface area (Å²) in [6.45, 7) is 3.57. The molecule has 0 bridgehead atoms. The van der Waals surface area contributed by atoms with E-state index in [1.807, 2.05) is 38.1 Å². The summed E-state index contributed by atoms with van der Waals surface area (Å²) in [6, 6.07) is 12.0. The summed E-state index contributed by atoms with van der Waals surface area (Å²) in [6.07, 6.45) is -3.75. The number of carbonyl (C=O) groups excluding carboxylic acids is 1. The molecule has 0 saturated carbocycles. The molecule has 0 radical (unpaired) electrons. The summed E-state index contributed by atoms with van der Waals surface area (Å²) in [5.74, 6) is -0.374. The lowest BCUT2D eigenvalue weighted by Crippen LogP contribution is -2.32. The van der Waals surface area contributed by atoms with E-state index in [0.717, 1.165) is 23.3 Å². The number of carbonyl (C=O) groups is 1. The summed E-state index contributed by atoms with van der Waals surface area (Å²) >= 11 is 0. The Morgan fingerprint density at radius 3 is 2.52 bits per heavy atom. The predicted molar refractivity (Wildman–Crippen MR) is 89.3 cm³/mol. The summed E-state index contributed by atoms with van der Waals surface area (Å²) in [4.78, 5) is 12.1. The van der Waals surface area contributed by atoms with E-state index < -0.39 is 11.7 Å². The number of ether oxygens (including phenoxy) is 1. The minimum absolute atomic E-state index is 0.00825. The second kappa shape index (κ2) is 8.05. The molecule has 134 valence electrons. The molecule has 1 amide bonds. The fraction of sp³-hybridized carbons (Fsp3) is 0.316. The van der Waals surface area contributed by atoms with E-state index in [0.29, 0.717) is 6.42 Å². The molecule has 1 N–H and O–H groups in total. The third-order valence-corrected chi connectivity index (χ3v) is 3.84. The highest BCUT2D eigenvalue weighted by Crippen LogP contribution is 2.31. The van der Waals surface area contributed by atoms with Gasteiger partial charge in [-0.05, 0) is 42.7 Å². The van der Waals surface area contributed by atoms with Crippen molar-refractivity contribution >= 4 is 5.91 Å². The average molecular weight is 351 g/mol. The van der Waals surface area contributed by atoms with Gasteiger partial charge < -0.3 is 10.1 Å². The van der Waals surface area contributed by atoms with Crippen LogP contribution < -0.4 is 10.1 Å². The van der Waals surface area contributed by atoms with Crippen LogP contribution in [0.4, 0.5) is 13.2 Å². The normalized spacial score (nSPS) is 12.5. The lowest BCUT2D eigenvalue weighted by Gasteiger charge is -2.19. The van der Waals surface area contributed by atoms with Crippen LogP contribution >= 0.6 is 0 Å². The monoisotopic (exact) mass is 351 g/mol. The van der Waals surface area contributed by atoms with Gasteiger partial charge >= 0.3 is 6.18 Å². The quantitative estimate of drug-likeness (QED) is 0.822. The van der Waals surface area contributed by atoms with Crippen LogP contribution in [0.1, 0.15) is 36.1 Å². The topological polar surface area (TPSA) is 38.3 Å². The molecule has 2 aromatic carbocycles. The third kappa shape index (κ3) is 5.24. The largest absolute Gasteiger partial charge is 0.484 e. The fourth-order valence-corrected chi connectivity index (χ4v) is 2.52. The molecule has 0 saturated heterocycles. The van der Waals surface area contributed by atoms with Crippen molar-refractivity contribution in [3.8, 4) is 5.75 Å². The zero-order valence-corrected chi connectivity index (χ0v) is 14.1. The molecule has 0 aromatic heterocycles. The van der Waals surface area contributed by atoms with E-state index in [1.54, 1.807) is 0 Å². The van der Waals surface area contributed by atoms with E-state index in [9.17, 15) is 18.0 Å². The Bertz CT molecular complexity index is 729. The SMILES string of the molecule is CC[C@@H](NC(=O)COc1cccc(C(F)(F)F)c1)c1ccccc1C. The van der Waals surface area contributed by atoms with Gasteiger partial charge in [-0.2, -0.15) is 13.2 Å². The molecule has 0 aliphatic rings. The molecule has 0 unspecified atom stereocenters. The van der Waals surface area contributed by atoms with E-state index in [2.05, 4.69) is 5.32 Å². The second-order valence-electron chi connectivity index (χ2n) is 5.70. The number of hydrogen-bond acceptors (Lipinski definition) is 2. The minimum Gasteiger partial charge on any atom is -0.484 e.